The molecule has 9 nitrogen and oxygen atoms in total. The highest BCUT2D eigenvalue weighted by Crippen LogP contribution is 2.16. The lowest BCUT2D eigenvalue weighted by Gasteiger charge is -2.33. The molecule has 1 aromatic rings. The highest BCUT2D eigenvalue weighted by Gasteiger charge is 2.30. The van der Waals surface area contributed by atoms with Gasteiger partial charge >= 0.3 is 5.97 Å². The zero-order chi connectivity index (χ0) is 16.2. The van der Waals surface area contributed by atoms with Gasteiger partial charge in [0.05, 0.1) is 5.69 Å². The van der Waals surface area contributed by atoms with Crippen LogP contribution in [0.25, 0.3) is 10.4 Å². The number of carbonyl (C=O) groups excluding carboxylic acids is 1. The number of esters is 1. The first kappa shape index (κ1) is 16.0. The summed E-state index contributed by atoms with van der Waals surface area (Å²) in [7, 11) is 0. The fourth-order valence-corrected chi connectivity index (χ4v) is 2.04. The summed E-state index contributed by atoms with van der Waals surface area (Å²) in [6, 6.07) is -0.423. The molecular formula is C13H19N7O2. The van der Waals surface area contributed by atoms with E-state index in [0.717, 1.165) is 0 Å². The lowest BCUT2D eigenvalue weighted by atomic mass is 10.1. The summed E-state index contributed by atoms with van der Waals surface area (Å²) >= 11 is 0. The van der Waals surface area contributed by atoms with Crippen molar-refractivity contribution in [3.8, 4) is 0 Å². The van der Waals surface area contributed by atoms with Gasteiger partial charge in [-0.05, 0) is 26.3 Å². The quantitative estimate of drug-likeness (QED) is 0.392. The Morgan fingerprint density at radius 2 is 2.18 bits per heavy atom. The van der Waals surface area contributed by atoms with Crippen LogP contribution in [-0.2, 0) is 9.53 Å². The summed E-state index contributed by atoms with van der Waals surface area (Å²) in [4.78, 5) is 25.0. The third kappa shape index (κ3) is 4.31. The second-order valence-electron chi connectivity index (χ2n) is 5.92. The number of piperazine rings is 1. The zero-order valence-electron chi connectivity index (χ0n) is 12.9. The van der Waals surface area contributed by atoms with E-state index < -0.39 is 11.6 Å². The van der Waals surface area contributed by atoms with Gasteiger partial charge < -0.3 is 15.0 Å². The third-order valence-electron chi connectivity index (χ3n) is 2.93. The van der Waals surface area contributed by atoms with Gasteiger partial charge in [0.15, 0.2) is 0 Å². The molecule has 0 spiro atoms. The van der Waals surface area contributed by atoms with Crippen LogP contribution in [0.2, 0.25) is 0 Å². The average molecular weight is 305 g/mol. The minimum absolute atomic E-state index is 0.289. The minimum atomic E-state index is -0.519. The van der Waals surface area contributed by atoms with Crippen molar-refractivity contribution in [2.45, 2.75) is 32.4 Å². The molecule has 0 saturated carbocycles. The average Bonchev–Trinajstić information content (AvgIpc) is 2.47. The monoisotopic (exact) mass is 305 g/mol. The predicted molar refractivity (Wildman–Crippen MR) is 80.7 cm³/mol. The van der Waals surface area contributed by atoms with Crippen molar-refractivity contribution in [2.24, 2.45) is 5.11 Å². The molecule has 1 aliphatic rings. The molecule has 1 unspecified atom stereocenters. The normalized spacial score (nSPS) is 18.5. The van der Waals surface area contributed by atoms with Crippen LogP contribution in [0.15, 0.2) is 17.5 Å². The van der Waals surface area contributed by atoms with Gasteiger partial charge in [0, 0.05) is 36.9 Å². The van der Waals surface area contributed by atoms with E-state index in [-0.39, 0.29) is 5.97 Å². The number of nitrogens with one attached hydrogen (secondary N) is 1. The number of hydrogen-bond acceptors (Lipinski definition) is 7. The highest BCUT2D eigenvalue weighted by molar-refractivity contribution is 5.77. The van der Waals surface area contributed by atoms with Crippen molar-refractivity contribution >= 4 is 17.6 Å². The molecule has 1 N–H and O–H groups in total. The number of nitrogens with zero attached hydrogens (tertiary/aromatic N) is 6. The van der Waals surface area contributed by atoms with E-state index in [1.807, 2.05) is 25.7 Å². The van der Waals surface area contributed by atoms with Crippen molar-refractivity contribution in [1.29, 1.82) is 0 Å². The first-order valence-corrected chi connectivity index (χ1v) is 6.97. The van der Waals surface area contributed by atoms with Gasteiger partial charge in [-0.15, -0.1) is 0 Å². The molecule has 2 heterocycles. The molecule has 1 aromatic heterocycles. The Labute approximate surface area is 128 Å². The van der Waals surface area contributed by atoms with Crippen molar-refractivity contribution in [3.63, 3.8) is 0 Å². The SMILES string of the molecule is CC(C)(C)OC(=O)C1CN(c2ncc(N=[N+]=[N-])cn2)CCN1. The van der Waals surface area contributed by atoms with Crippen molar-refractivity contribution < 1.29 is 9.53 Å². The zero-order valence-corrected chi connectivity index (χ0v) is 12.9. The number of aromatic nitrogens is 2. The molecule has 22 heavy (non-hydrogen) atoms. The minimum Gasteiger partial charge on any atom is -0.459 e. The van der Waals surface area contributed by atoms with Crippen LogP contribution in [-0.4, -0.2) is 47.2 Å². The summed E-state index contributed by atoms with van der Waals surface area (Å²) in [5.41, 5.74) is 8.19. The van der Waals surface area contributed by atoms with Crippen LogP contribution < -0.4 is 10.2 Å². The van der Waals surface area contributed by atoms with E-state index in [4.69, 9.17) is 10.3 Å². The van der Waals surface area contributed by atoms with Crippen molar-refractivity contribution in [3.05, 3.63) is 22.8 Å². The van der Waals surface area contributed by atoms with Gasteiger partial charge in [0.2, 0.25) is 5.95 Å². The maximum Gasteiger partial charge on any atom is 0.325 e. The molecule has 1 fully saturated rings. The first-order chi connectivity index (χ1) is 10.4. The van der Waals surface area contributed by atoms with Crippen LogP contribution in [0.5, 0.6) is 0 Å². The largest absolute Gasteiger partial charge is 0.459 e. The Morgan fingerprint density at radius 1 is 1.50 bits per heavy atom. The van der Waals surface area contributed by atoms with Gasteiger partial charge in [-0.3, -0.25) is 4.79 Å². The summed E-state index contributed by atoms with van der Waals surface area (Å²) < 4.78 is 5.39. The summed E-state index contributed by atoms with van der Waals surface area (Å²) in [6.45, 7) is 7.25. The highest BCUT2D eigenvalue weighted by atomic mass is 16.6. The van der Waals surface area contributed by atoms with Crippen LogP contribution in [0.4, 0.5) is 11.6 Å². The lowest BCUT2D eigenvalue weighted by Crippen LogP contribution is -2.56. The second kappa shape index (κ2) is 6.59. The molecule has 0 bridgehead atoms. The second-order valence-corrected chi connectivity index (χ2v) is 5.92. The Bertz CT molecular complexity index is 575. The van der Waals surface area contributed by atoms with Crippen LogP contribution in [0.1, 0.15) is 20.8 Å². The van der Waals surface area contributed by atoms with Gasteiger partial charge in [-0.25, -0.2) is 9.97 Å². The molecular weight excluding hydrogens is 286 g/mol. The Kier molecular flexibility index (Phi) is 4.79. The maximum atomic E-state index is 12.1. The van der Waals surface area contributed by atoms with E-state index in [0.29, 0.717) is 31.3 Å². The van der Waals surface area contributed by atoms with Gasteiger partial charge in [0.1, 0.15) is 11.6 Å². The van der Waals surface area contributed by atoms with E-state index in [1.165, 1.54) is 12.4 Å². The molecule has 1 aliphatic heterocycles. The molecule has 0 aromatic carbocycles. The fourth-order valence-electron chi connectivity index (χ4n) is 2.04. The number of hydrogen-bond donors (Lipinski definition) is 1. The van der Waals surface area contributed by atoms with Crippen LogP contribution >= 0.6 is 0 Å². The molecule has 9 heteroatoms. The fraction of sp³-hybridized carbons (Fsp3) is 0.615. The smallest absolute Gasteiger partial charge is 0.325 e. The molecule has 2 rings (SSSR count). The number of anilines is 1. The number of rotatable bonds is 3. The summed E-state index contributed by atoms with van der Waals surface area (Å²) in [6.07, 6.45) is 2.90. The maximum absolute atomic E-state index is 12.1. The molecule has 1 saturated heterocycles. The molecule has 0 radical (unpaired) electrons. The summed E-state index contributed by atoms with van der Waals surface area (Å²) in [5.74, 6) is 0.204. The van der Waals surface area contributed by atoms with E-state index >= 15 is 0 Å². The topological polar surface area (TPSA) is 116 Å². The molecule has 0 amide bonds. The van der Waals surface area contributed by atoms with Crippen LogP contribution in [0, 0.1) is 0 Å². The third-order valence-corrected chi connectivity index (χ3v) is 2.93. The van der Waals surface area contributed by atoms with Crippen molar-refractivity contribution in [2.75, 3.05) is 24.5 Å². The van der Waals surface area contributed by atoms with Gasteiger partial charge in [-0.1, -0.05) is 5.11 Å². The number of ether oxygens (including phenoxy) is 1. The van der Waals surface area contributed by atoms with E-state index in [1.54, 1.807) is 0 Å². The van der Waals surface area contributed by atoms with Crippen LogP contribution in [0.3, 0.4) is 0 Å². The van der Waals surface area contributed by atoms with E-state index in [2.05, 4.69) is 25.3 Å². The Hall–Kier alpha value is -2.38. The molecule has 118 valence electrons. The Morgan fingerprint density at radius 3 is 2.77 bits per heavy atom. The number of azide groups is 1. The van der Waals surface area contributed by atoms with Gasteiger partial charge in [0.25, 0.3) is 0 Å². The summed E-state index contributed by atoms with van der Waals surface area (Å²) in [5, 5.41) is 6.56. The van der Waals surface area contributed by atoms with Crippen molar-refractivity contribution in [1.82, 2.24) is 15.3 Å². The predicted octanol–water partition coefficient (Wildman–Crippen LogP) is 1.54. The standard InChI is InChI=1S/C13H19N7O2/c1-13(2,3)22-11(21)10-8-20(5-4-15-10)12-16-6-9(7-17-12)18-19-14/h6-7,10,15H,4-5,8H2,1-3H3. The molecule has 0 aliphatic carbocycles. The lowest BCUT2D eigenvalue weighted by molar-refractivity contribution is -0.157. The van der Waals surface area contributed by atoms with E-state index in [9.17, 15) is 4.79 Å². The number of carbonyl (C=O) groups is 1. The molecule has 1 atom stereocenters. The Balaban J connectivity index is 2.03. The van der Waals surface area contributed by atoms with Gasteiger partial charge in [-0.2, -0.15) is 0 Å². The first-order valence-electron chi connectivity index (χ1n) is 6.97.